The molecule has 110 valence electrons. The number of methoxy groups -OCH3 is 2. The minimum atomic E-state index is -0.383. The van der Waals surface area contributed by atoms with Crippen LogP contribution in [0.15, 0.2) is 18.2 Å². The molecule has 5 heteroatoms. The van der Waals surface area contributed by atoms with Crippen molar-refractivity contribution in [1.29, 1.82) is 0 Å². The summed E-state index contributed by atoms with van der Waals surface area (Å²) >= 11 is 0. The van der Waals surface area contributed by atoms with Crippen molar-refractivity contribution in [3.8, 4) is 11.5 Å². The van der Waals surface area contributed by atoms with E-state index in [1.807, 2.05) is 36.9 Å². The third-order valence-electron chi connectivity index (χ3n) is 3.24. The summed E-state index contributed by atoms with van der Waals surface area (Å²) in [5, 5.41) is 0. The van der Waals surface area contributed by atoms with Crippen molar-refractivity contribution in [2.75, 3.05) is 27.3 Å². The van der Waals surface area contributed by atoms with Gasteiger partial charge in [0.15, 0.2) is 0 Å². The molecule has 20 heavy (non-hydrogen) atoms. The molecule has 1 aromatic rings. The molecule has 0 aromatic heterocycles. The molecule has 0 aliphatic carbocycles. The lowest BCUT2D eigenvalue weighted by Crippen LogP contribution is -2.42. The van der Waals surface area contributed by atoms with Crippen LogP contribution in [0, 0.1) is 0 Å². The molecule has 5 nitrogen and oxygen atoms in total. The SMILES string of the molecule is COC(=O)CN1Cc2ccc(OC)cc2OC(C)(C)C1. The number of nitrogens with zero attached hydrogens (tertiary/aromatic N) is 1. The van der Waals surface area contributed by atoms with Crippen LogP contribution in [0.4, 0.5) is 0 Å². The Balaban J connectivity index is 2.27. The number of carbonyl (C=O) groups excluding carboxylic acids is 1. The molecule has 0 saturated heterocycles. The van der Waals surface area contributed by atoms with Crippen LogP contribution >= 0.6 is 0 Å². The molecule has 0 radical (unpaired) electrons. The van der Waals surface area contributed by atoms with Crippen LogP contribution in [-0.4, -0.2) is 43.8 Å². The van der Waals surface area contributed by atoms with Crippen LogP contribution in [0.5, 0.6) is 11.5 Å². The summed E-state index contributed by atoms with van der Waals surface area (Å²) in [6.07, 6.45) is 0. The fraction of sp³-hybridized carbons (Fsp3) is 0.533. The molecule has 2 rings (SSSR count). The fourth-order valence-electron chi connectivity index (χ4n) is 2.41. The van der Waals surface area contributed by atoms with E-state index in [4.69, 9.17) is 14.2 Å². The van der Waals surface area contributed by atoms with Crippen molar-refractivity contribution in [1.82, 2.24) is 4.90 Å². The van der Waals surface area contributed by atoms with Crippen molar-refractivity contribution in [3.05, 3.63) is 23.8 Å². The summed E-state index contributed by atoms with van der Waals surface area (Å²) in [5.41, 5.74) is 0.659. The van der Waals surface area contributed by atoms with Gasteiger partial charge in [0.1, 0.15) is 17.1 Å². The van der Waals surface area contributed by atoms with Gasteiger partial charge in [-0.1, -0.05) is 6.07 Å². The largest absolute Gasteiger partial charge is 0.497 e. The summed E-state index contributed by atoms with van der Waals surface area (Å²) in [6.45, 7) is 5.57. The standard InChI is InChI=1S/C15H21NO4/c1-15(2)10-16(9-14(17)19-4)8-11-5-6-12(18-3)7-13(11)20-15/h5-7H,8-10H2,1-4H3. The van der Waals surface area contributed by atoms with Crippen molar-refractivity contribution in [2.45, 2.75) is 26.0 Å². The zero-order chi connectivity index (χ0) is 14.8. The summed E-state index contributed by atoms with van der Waals surface area (Å²) in [5.74, 6) is 1.33. The van der Waals surface area contributed by atoms with Gasteiger partial charge >= 0.3 is 5.97 Å². The fourth-order valence-corrected chi connectivity index (χ4v) is 2.41. The van der Waals surface area contributed by atoms with E-state index in [1.165, 1.54) is 7.11 Å². The topological polar surface area (TPSA) is 48.0 Å². The van der Waals surface area contributed by atoms with Crippen LogP contribution in [0.25, 0.3) is 0 Å². The molecule has 0 spiro atoms. The highest BCUT2D eigenvalue weighted by atomic mass is 16.5. The van der Waals surface area contributed by atoms with Crippen molar-refractivity contribution >= 4 is 5.97 Å². The normalized spacial score (nSPS) is 17.6. The number of ether oxygens (including phenoxy) is 3. The van der Waals surface area contributed by atoms with E-state index >= 15 is 0 Å². The molecule has 0 N–H and O–H groups in total. The second-order valence-electron chi connectivity index (χ2n) is 5.56. The number of esters is 1. The molecule has 1 aliphatic rings. The Bertz CT molecular complexity index is 499. The predicted octanol–water partition coefficient (Wildman–Crippen LogP) is 1.84. The smallest absolute Gasteiger partial charge is 0.319 e. The lowest BCUT2D eigenvalue weighted by atomic mass is 10.1. The van der Waals surface area contributed by atoms with Crippen LogP contribution in [0.2, 0.25) is 0 Å². The zero-order valence-corrected chi connectivity index (χ0v) is 12.4. The highest BCUT2D eigenvalue weighted by Crippen LogP contribution is 2.32. The lowest BCUT2D eigenvalue weighted by Gasteiger charge is -2.28. The monoisotopic (exact) mass is 279 g/mol. The van der Waals surface area contributed by atoms with Gasteiger partial charge in [-0.2, -0.15) is 0 Å². The lowest BCUT2D eigenvalue weighted by molar-refractivity contribution is -0.142. The van der Waals surface area contributed by atoms with Crippen LogP contribution < -0.4 is 9.47 Å². The Morgan fingerprint density at radius 1 is 1.40 bits per heavy atom. The average Bonchev–Trinajstić information content (AvgIpc) is 2.51. The quantitative estimate of drug-likeness (QED) is 0.790. The number of carbonyl (C=O) groups is 1. The molecular weight excluding hydrogens is 258 g/mol. The molecule has 0 unspecified atom stereocenters. The maximum atomic E-state index is 11.5. The number of fused-ring (bicyclic) bond motifs is 1. The number of benzene rings is 1. The van der Waals surface area contributed by atoms with Gasteiger partial charge in [-0.3, -0.25) is 9.69 Å². The van der Waals surface area contributed by atoms with Crippen LogP contribution in [0.3, 0.4) is 0 Å². The van der Waals surface area contributed by atoms with Gasteiger partial charge in [0.05, 0.1) is 20.8 Å². The van der Waals surface area contributed by atoms with Crippen molar-refractivity contribution in [2.24, 2.45) is 0 Å². The van der Waals surface area contributed by atoms with E-state index in [0.717, 1.165) is 17.1 Å². The van der Waals surface area contributed by atoms with E-state index in [0.29, 0.717) is 13.1 Å². The minimum Gasteiger partial charge on any atom is -0.497 e. The molecule has 1 aromatic carbocycles. The summed E-state index contributed by atoms with van der Waals surface area (Å²) in [7, 11) is 3.04. The van der Waals surface area contributed by atoms with Gasteiger partial charge in [-0.05, 0) is 19.9 Å². The second-order valence-corrected chi connectivity index (χ2v) is 5.56. The third-order valence-corrected chi connectivity index (χ3v) is 3.24. The highest BCUT2D eigenvalue weighted by molar-refractivity contribution is 5.71. The molecule has 1 heterocycles. The van der Waals surface area contributed by atoms with Crippen LogP contribution in [0.1, 0.15) is 19.4 Å². The van der Waals surface area contributed by atoms with Gasteiger partial charge in [0.2, 0.25) is 0 Å². The number of hydrogen-bond donors (Lipinski definition) is 0. The van der Waals surface area contributed by atoms with Gasteiger partial charge in [-0.15, -0.1) is 0 Å². The van der Waals surface area contributed by atoms with Crippen LogP contribution in [-0.2, 0) is 16.1 Å². The first-order valence-corrected chi connectivity index (χ1v) is 6.58. The first kappa shape index (κ1) is 14.7. The molecule has 0 bridgehead atoms. The average molecular weight is 279 g/mol. The summed E-state index contributed by atoms with van der Waals surface area (Å²) in [4.78, 5) is 13.5. The Morgan fingerprint density at radius 2 is 2.15 bits per heavy atom. The van der Waals surface area contributed by atoms with E-state index in [9.17, 15) is 4.79 Å². The molecule has 0 fully saturated rings. The number of rotatable bonds is 3. The Kier molecular flexibility index (Phi) is 4.18. The first-order valence-electron chi connectivity index (χ1n) is 6.58. The maximum absolute atomic E-state index is 11.5. The highest BCUT2D eigenvalue weighted by Gasteiger charge is 2.30. The van der Waals surface area contributed by atoms with Crippen molar-refractivity contribution in [3.63, 3.8) is 0 Å². The van der Waals surface area contributed by atoms with E-state index in [-0.39, 0.29) is 18.1 Å². The van der Waals surface area contributed by atoms with Crippen molar-refractivity contribution < 1.29 is 19.0 Å². The molecule has 0 amide bonds. The van der Waals surface area contributed by atoms with Gasteiger partial charge in [-0.25, -0.2) is 0 Å². The van der Waals surface area contributed by atoms with E-state index < -0.39 is 0 Å². The summed E-state index contributed by atoms with van der Waals surface area (Å²) in [6, 6.07) is 5.76. The number of hydrogen-bond acceptors (Lipinski definition) is 5. The van der Waals surface area contributed by atoms with E-state index in [1.54, 1.807) is 7.11 Å². The second kappa shape index (κ2) is 5.71. The summed E-state index contributed by atoms with van der Waals surface area (Å²) < 4.78 is 16.0. The first-order chi connectivity index (χ1) is 9.43. The molecular formula is C15H21NO4. The van der Waals surface area contributed by atoms with Gasteiger partial charge in [0.25, 0.3) is 0 Å². The minimum absolute atomic E-state index is 0.238. The molecule has 1 aliphatic heterocycles. The van der Waals surface area contributed by atoms with Gasteiger partial charge < -0.3 is 14.2 Å². The third kappa shape index (κ3) is 3.42. The molecule has 0 saturated carbocycles. The zero-order valence-electron chi connectivity index (χ0n) is 12.4. The predicted molar refractivity (Wildman–Crippen MR) is 75.0 cm³/mol. The molecule has 0 atom stereocenters. The van der Waals surface area contributed by atoms with Gasteiger partial charge in [0, 0.05) is 24.7 Å². The maximum Gasteiger partial charge on any atom is 0.319 e. The Morgan fingerprint density at radius 3 is 2.80 bits per heavy atom. The Hall–Kier alpha value is -1.75. The van der Waals surface area contributed by atoms with E-state index in [2.05, 4.69) is 0 Å². The Labute approximate surface area is 119 Å².